The lowest BCUT2D eigenvalue weighted by Gasteiger charge is -2.11. The van der Waals surface area contributed by atoms with Crippen molar-refractivity contribution in [2.75, 3.05) is 18.9 Å². The number of halogens is 2. The molecule has 94 valence electrons. The van der Waals surface area contributed by atoms with E-state index in [2.05, 4.69) is 5.32 Å². The van der Waals surface area contributed by atoms with Crippen molar-refractivity contribution in [1.29, 1.82) is 0 Å². The molecule has 1 aromatic carbocycles. The summed E-state index contributed by atoms with van der Waals surface area (Å²) >= 11 is 0. The van der Waals surface area contributed by atoms with E-state index >= 15 is 0 Å². The zero-order valence-electron chi connectivity index (χ0n) is 9.34. The maximum Gasteiger partial charge on any atom is 0.253 e. The van der Waals surface area contributed by atoms with Gasteiger partial charge < -0.3 is 16.2 Å². The predicted octanol–water partition coefficient (Wildman–Crippen LogP) is 0.905. The van der Waals surface area contributed by atoms with Crippen LogP contribution in [0.1, 0.15) is 17.3 Å². The first-order valence-electron chi connectivity index (χ1n) is 5.09. The molecule has 6 heteroatoms. The number of anilines is 1. The number of amides is 1. The van der Waals surface area contributed by atoms with Gasteiger partial charge in [-0.25, -0.2) is 8.78 Å². The monoisotopic (exact) mass is 244 g/mol. The molecule has 1 amide bonds. The highest BCUT2D eigenvalue weighted by Gasteiger charge is 2.14. The van der Waals surface area contributed by atoms with Crippen molar-refractivity contribution in [3.8, 4) is 0 Å². The van der Waals surface area contributed by atoms with Crippen molar-refractivity contribution >= 4 is 11.6 Å². The fourth-order valence-corrected chi connectivity index (χ4v) is 1.19. The van der Waals surface area contributed by atoms with Crippen LogP contribution in [0.2, 0.25) is 0 Å². The Balaban J connectivity index is 2.79. The first-order chi connectivity index (χ1) is 7.95. The van der Waals surface area contributed by atoms with Crippen LogP contribution in [-0.4, -0.2) is 24.2 Å². The molecule has 0 radical (unpaired) electrons. The predicted molar refractivity (Wildman–Crippen MR) is 59.4 cm³/mol. The molecular formula is C11H14F2N2O2. The van der Waals surface area contributed by atoms with Crippen LogP contribution in [0.25, 0.3) is 0 Å². The Bertz CT molecular complexity index is 424. The zero-order chi connectivity index (χ0) is 13.0. The second-order valence-corrected chi connectivity index (χ2v) is 3.85. The summed E-state index contributed by atoms with van der Waals surface area (Å²) in [7, 11) is 0. The smallest absolute Gasteiger partial charge is 0.253 e. The summed E-state index contributed by atoms with van der Waals surface area (Å²) in [5.41, 5.74) is 5.17. The molecule has 0 bridgehead atoms. The van der Waals surface area contributed by atoms with E-state index < -0.39 is 17.5 Å². The molecule has 1 unspecified atom stereocenters. The SMILES string of the molecule is CC(CO)CNC(=O)c1cc(F)c(F)cc1N. The topological polar surface area (TPSA) is 75.3 Å². The molecule has 4 nitrogen and oxygen atoms in total. The van der Waals surface area contributed by atoms with Gasteiger partial charge in [0.15, 0.2) is 11.6 Å². The van der Waals surface area contributed by atoms with Gasteiger partial charge in [0.1, 0.15) is 0 Å². The third kappa shape index (κ3) is 3.39. The number of aliphatic hydroxyl groups is 1. The number of rotatable bonds is 4. The van der Waals surface area contributed by atoms with Crippen LogP contribution in [0.4, 0.5) is 14.5 Å². The lowest BCUT2D eigenvalue weighted by atomic mass is 10.1. The molecule has 0 aliphatic carbocycles. The number of carbonyl (C=O) groups is 1. The second-order valence-electron chi connectivity index (χ2n) is 3.85. The van der Waals surface area contributed by atoms with Gasteiger partial charge in [0.25, 0.3) is 5.91 Å². The second kappa shape index (κ2) is 5.58. The number of aliphatic hydroxyl groups excluding tert-OH is 1. The summed E-state index contributed by atoms with van der Waals surface area (Å²) in [6.45, 7) is 1.89. The van der Waals surface area contributed by atoms with Gasteiger partial charge in [-0.15, -0.1) is 0 Å². The van der Waals surface area contributed by atoms with Crippen molar-refractivity contribution in [3.05, 3.63) is 29.3 Å². The first kappa shape index (κ1) is 13.4. The molecule has 0 aliphatic heterocycles. The van der Waals surface area contributed by atoms with E-state index in [-0.39, 0.29) is 30.3 Å². The van der Waals surface area contributed by atoms with E-state index in [1.165, 1.54) is 0 Å². The van der Waals surface area contributed by atoms with Crippen molar-refractivity contribution in [1.82, 2.24) is 5.32 Å². The summed E-state index contributed by atoms with van der Waals surface area (Å²) in [5, 5.41) is 11.2. The third-order valence-electron chi connectivity index (χ3n) is 2.26. The van der Waals surface area contributed by atoms with Gasteiger partial charge in [0, 0.05) is 24.9 Å². The molecule has 0 heterocycles. The Morgan fingerprint density at radius 2 is 2.06 bits per heavy atom. The van der Waals surface area contributed by atoms with Crippen LogP contribution < -0.4 is 11.1 Å². The van der Waals surface area contributed by atoms with E-state index in [0.717, 1.165) is 12.1 Å². The van der Waals surface area contributed by atoms with Crippen LogP contribution in [-0.2, 0) is 0 Å². The highest BCUT2D eigenvalue weighted by atomic mass is 19.2. The Hall–Kier alpha value is -1.69. The average Bonchev–Trinajstić information content (AvgIpc) is 2.30. The van der Waals surface area contributed by atoms with Gasteiger partial charge in [-0.2, -0.15) is 0 Å². The molecule has 0 spiro atoms. The number of nitrogens with one attached hydrogen (secondary N) is 1. The molecule has 17 heavy (non-hydrogen) atoms. The Kier molecular flexibility index (Phi) is 4.39. The van der Waals surface area contributed by atoms with Crippen LogP contribution in [0, 0.1) is 17.6 Å². The normalized spacial score (nSPS) is 12.2. The summed E-state index contributed by atoms with van der Waals surface area (Å²) in [6.07, 6.45) is 0. The van der Waals surface area contributed by atoms with Gasteiger partial charge in [0.2, 0.25) is 0 Å². The summed E-state index contributed by atoms with van der Waals surface area (Å²) < 4.78 is 25.7. The van der Waals surface area contributed by atoms with E-state index in [9.17, 15) is 13.6 Å². The molecule has 0 saturated carbocycles. The van der Waals surface area contributed by atoms with Crippen LogP contribution in [0.5, 0.6) is 0 Å². The number of carbonyl (C=O) groups excluding carboxylic acids is 1. The van der Waals surface area contributed by atoms with Crippen molar-refractivity contribution < 1.29 is 18.7 Å². The Morgan fingerprint density at radius 1 is 1.47 bits per heavy atom. The minimum Gasteiger partial charge on any atom is -0.398 e. The van der Waals surface area contributed by atoms with E-state index in [1.807, 2.05) is 0 Å². The number of hydrogen-bond donors (Lipinski definition) is 3. The maximum atomic E-state index is 12.9. The molecule has 0 aliphatic rings. The van der Waals surface area contributed by atoms with E-state index in [0.29, 0.717) is 0 Å². The van der Waals surface area contributed by atoms with Gasteiger partial charge in [-0.05, 0) is 12.0 Å². The van der Waals surface area contributed by atoms with Crippen LogP contribution in [0.15, 0.2) is 12.1 Å². The molecule has 0 aromatic heterocycles. The molecule has 1 rings (SSSR count). The van der Waals surface area contributed by atoms with Gasteiger partial charge >= 0.3 is 0 Å². The van der Waals surface area contributed by atoms with Crippen molar-refractivity contribution in [3.63, 3.8) is 0 Å². The van der Waals surface area contributed by atoms with Gasteiger partial charge in [-0.1, -0.05) is 6.92 Å². The van der Waals surface area contributed by atoms with E-state index in [1.54, 1.807) is 6.92 Å². The lowest BCUT2D eigenvalue weighted by Crippen LogP contribution is -2.30. The Labute approximate surface area is 97.4 Å². The van der Waals surface area contributed by atoms with Crippen LogP contribution >= 0.6 is 0 Å². The fraction of sp³-hybridized carbons (Fsp3) is 0.364. The minimum absolute atomic E-state index is 0.0759. The highest BCUT2D eigenvalue weighted by molar-refractivity contribution is 5.99. The molecule has 1 aromatic rings. The number of hydrogen-bond acceptors (Lipinski definition) is 3. The first-order valence-corrected chi connectivity index (χ1v) is 5.09. The standard InChI is InChI=1S/C11H14F2N2O2/c1-6(5-16)4-15-11(17)7-2-8(12)9(13)3-10(7)14/h2-3,6,16H,4-5,14H2,1H3,(H,15,17). The largest absolute Gasteiger partial charge is 0.398 e. The third-order valence-corrected chi connectivity index (χ3v) is 2.26. The quantitative estimate of drug-likeness (QED) is 0.689. The van der Waals surface area contributed by atoms with Gasteiger partial charge in [-0.3, -0.25) is 4.79 Å². The molecule has 1 atom stereocenters. The van der Waals surface area contributed by atoms with Crippen molar-refractivity contribution in [2.45, 2.75) is 6.92 Å². The minimum atomic E-state index is -1.13. The zero-order valence-corrected chi connectivity index (χ0v) is 9.34. The summed E-state index contributed by atoms with van der Waals surface area (Å²) in [5.74, 6) is -2.94. The summed E-state index contributed by atoms with van der Waals surface area (Å²) in [4.78, 5) is 11.6. The number of benzene rings is 1. The lowest BCUT2D eigenvalue weighted by molar-refractivity contribution is 0.0942. The number of nitrogen functional groups attached to an aromatic ring is 1. The molecule has 0 fully saturated rings. The van der Waals surface area contributed by atoms with Crippen molar-refractivity contribution in [2.24, 2.45) is 5.92 Å². The van der Waals surface area contributed by atoms with E-state index in [4.69, 9.17) is 10.8 Å². The molecular weight excluding hydrogens is 230 g/mol. The fourth-order valence-electron chi connectivity index (χ4n) is 1.19. The Morgan fingerprint density at radius 3 is 2.65 bits per heavy atom. The maximum absolute atomic E-state index is 12.9. The summed E-state index contributed by atoms with van der Waals surface area (Å²) in [6, 6.07) is 1.52. The highest BCUT2D eigenvalue weighted by Crippen LogP contribution is 2.16. The van der Waals surface area contributed by atoms with Crippen LogP contribution in [0.3, 0.4) is 0 Å². The van der Waals surface area contributed by atoms with Gasteiger partial charge in [0.05, 0.1) is 5.56 Å². The number of nitrogens with two attached hydrogens (primary N) is 1. The average molecular weight is 244 g/mol. The molecule has 4 N–H and O–H groups in total. The molecule has 0 saturated heterocycles.